The molecule has 6 fully saturated rings. The van der Waals surface area contributed by atoms with Crippen molar-refractivity contribution < 1.29 is 9.90 Å². The van der Waals surface area contributed by atoms with E-state index >= 15 is 0 Å². The normalized spacial score (nSPS) is 35.8. The Hall–Kier alpha value is -2.34. The molecule has 5 saturated carbocycles. The van der Waals surface area contributed by atoms with E-state index in [9.17, 15) is 14.7 Å². The molecule has 32 heavy (non-hydrogen) atoms. The van der Waals surface area contributed by atoms with Gasteiger partial charge in [-0.3, -0.25) is 15.0 Å². The Bertz CT molecular complexity index is 1160. The maximum absolute atomic E-state index is 13.3. The second-order valence-electron chi connectivity index (χ2n) is 11.2. The van der Waals surface area contributed by atoms with Gasteiger partial charge in [0.1, 0.15) is 11.3 Å². The van der Waals surface area contributed by atoms with Crippen molar-refractivity contribution in [1.29, 1.82) is 0 Å². The summed E-state index contributed by atoms with van der Waals surface area (Å²) >= 11 is 0. The lowest BCUT2D eigenvalue weighted by Gasteiger charge is -2.36. The number of nitrogens with one attached hydrogen (secondary N) is 1. The number of pyridine rings is 1. The lowest BCUT2D eigenvalue weighted by molar-refractivity contribution is 0.0791. The van der Waals surface area contributed by atoms with Crippen LogP contribution < -0.4 is 11.0 Å². The summed E-state index contributed by atoms with van der Waals surface area (Å²) in [6, 6.07) is 7.47. The van der Waals surface area contributed by atoms with Crippen LogP contribution >= 0.6 is 0 Å². The number of benzene rings is 1. The third-order valence-electron chi connectivity index (χ3n) is 9.38. The zero-order valence-electron chi connectivity index (χ0n) is 18.4. The second-order valence-corrected chi connectivity index (χ2v) is 11.2. The lowest BCUT2D eigenvalue weighted by Crippen LogP contribution is -2.44. The quantitative estimate of drug-likeness (QED) is 0.771. The largest absolute Gasteiger partial charge is 0.506 e. The van der Waals surface area contributed by atoms with Crippen LogP contribution in [0.3, 0.4) is 0 Å². The van der Waals surface area contributed by atoms with Crippen molar-refractivity contribution in [3.8, 4) is 5.75 Å². The van der Waals surface area contributed by atoms with Crippen molar-refractivity contribution in [2.75, 3.05) is 13.1 Å². The zero-order chi connectivity index (χ0) is 21.6. The van der Waals surface area contributed by atoms with E-state index in [0.29, 0.717) is 16.8 Å². The van der Waals surface area contributed by atoms with Gasteiger partial charge in [-0.05, 0) is 92.6 Å². The molecule has 0 radical (unpaired) electrons. The van der Waals surface area contributed by atoms with Crippen molar-refractivity contribution in [2.24, 2.45) is 35.5 Å². The van der Waals surface area contributed by atoms with Crippen molar-refractivity contribution in [2.45, 2.75) is 51.0 Å². The first kappa shape index (κ1) is 19.2. The lowest BCUT2D eigenvalue weighted by atomic mass is 9.70. The fraction of sp³-hybridized carbons (Fsp3) is 0.615. The van der Waals surface area contributed by atoms with Gasteiger partial charge in [-0.15, -0.1) is 0 Å². The molecule has 0 spiro atoms. The number of amides is 1. The molecule has 1 aromatic heterocycles. The Balaban J connectivity index is 1.14. The van der Waals surface area contributed by atoms with Gasteiger partial charge in [-0.25, -0.2) is 5.01 Å². The van der Waals surface area contributed by atoms with E-state index in [1.165, 1.54) is 25.7 Å². The molecular weight excluding hydrogens is 402 g/mol. The number of para-hydroxylation sites is 1. The van der Waals surface area contributed by atoms with E-state index in [2.05, 4.69) is 5.43 Å². The number of carbonyl (C=O) groups excluding carboxylic acids is 1. The topological polar surface area (TPSA) is 74.6 Å². The van der Waals surface area contributed by atoms with Crippen LogP contribution in [0.2, 0.25) is 0 Å². The fourth-order valence-electron chi connectivity index (χ4n) is 8.18. The minimum absolute atomic E-state index is 0.113. The molecule has 6 atom stereocenters. The monoisotopic (exact) mass is 433 g/mol. The number of hydrogen-bond donors (Lipinski definition) is 2. The number of rotatable bonds is 4. The predicted molar refractivity (Wildman–Crippen MR) is 121 cm³/mol. The van der Waals surface area contributed by atoms with E-state index in [0.717, 1.165) is 61.9 Å². The molecule has 4 bridgehead atoms. The van der Waals surface area contributed by atoms with Gasteiger partial charge in [0, 0.05) is 24.5 Å². The van der Waals surface area contributed by atoms with Gasteiger partial charge >= 0.3 is 0 Å². The summed E-state index contributed by atoms with van der Waals surface area (Å²) in [5, 5.41) is 13.4. The Kier molecular flexibility index (Phi) is 4.09. The van der Waals surface area contributed by atoms with E-state index in [-0.39, 0.29) is 22.9 Å². The average molecular weight is 434 g/mol. The van der Waals surface area contributed by atoms with Gasteiger partial charge in [-0.1, -0.05) is 12.1 Å². The average Bonchev–Trinajstić information content (AvgIpc) is 3.37. The highest BCUT2D eigenvalue weighted by atomic mass is 16.3. The third kappa shape index (κ3) is 2.74. The Morgan fingerprint density at radius 1 is 1.00 bits per heavy atom. The minimum atomic E-state index is -0.470. The molecule has 8 rings (SSSR count). The van der Waals surface area contributed by atoms with Crippen LogP contribution in [-0.2, 0) is 0 Å². The van der Waals surface area contributed by atoms with Crippen LogP contribution in [0.15, 0.2) is 29.1 Å². The van der Waals surface area contributed by atoms with Crippen LogP contribution in [0.25, 0.3) is 10.9 Å². The Morgan fingerprint density at radius 3 is 2.62 bits per heavy atom. The van der Waals surface area contributed by atoms with Crippen molar-refractivity contribution >= 4 is 16.8 Å². The van der Waals surface area contributed by atoms with Gasteiger partial charge in [0.25, 0.3) is 11.5 Å². The number of aromatic nitrogens is 1. The van der Waals surface area contributed by atoms with Crippen LogP contribution in [-0.4, -0.2) is 33.7 Å². The summed E-state index contributed by atoms with van der Waals surface area (Å²) in [5.74, 6) is 4.56. The maximum Gasteiger partial charge on any atom is 0.275 e. The number of aromatic hydroxyl groups is 1. The highest BCUT2D eigenvalue weighted by Crippen LogP contribution is 2.63. The van der Waals surface area contributed by atoms with Gasteiger partial charge in [0.2, 0.25) is 0 Å². The number of hydrogen-bond acceptors (Lipinski definition) is 4. The summed E-state index contributed by atoms with van der Waals surface area (Å²) in [6.07, 6.45) is 8.74. The molecule has 6 unspecified atom stereocenters. The molecule has 6 heteroatoms. The minimum Gasteiger partial charge on any atom is -0.506 e. The van der Waals surface area contributed by atoms with E-state index in [1.54, 1.807) is 10.6 Å². The molecule has 2 N–H and O–H groups in total. The smallest absolute Gasteiger partial charge is 0.275 e. The SMILES string of the molecule is O=C(NN1CCC(C2C3CC4CC(C3)C2C4)C1)c1c(O)c2ccccc2n(C2CC2)c1=O. The predicted octanol–water partition coefficient (Wildman–Crippen LogP) is 3.69. The highest BCUT2D eigenvalue weighted by Gasteiger charge is 2.56. The highest BCUT2D eigenvalue weighted by molar-refractivity contribution is 6.02. The molecule has 6 aliphatic rings. The molecule has 1 amide bonds. The van der Waals surface area contributed by atoms with Crippen LogP contribution in [0.4, 0.5) is 0 Å². The Morgan fingerprint density at radius 2 is 1.81 bits per heavy atom. The first-order valence-corrected chi connectivity index (χ1v) is 12.5. The third-order valence-corrected chi connectivity index (χ3v) is 9.38. The molecule has 1 aromatic carbocycles. The van der Waals surface area contributed by atoms with E-state index < -0.39 is 5.91 Å². The van der Waals surface area contributed by atoms with Crippen molar-refractivity contribution in [3.63, 3.8) is 0 Å². The summed E-state index contributed by atoms with van der Waals surface area (Å²) < 4.78 is 1.71. The molecule has 1 aliphatic heterocycles. The zero-order valence-corrected chi connectivity index (χ0v) is 18.4. The van der Waals surface area contributed by atoms with E-state index in [4.69, 9.17) is 0 Å². The number of fused-ring (bicyclic) bond motifs is 1. The van der Waals surface area contributed by atoms with Gasteiger partial charge in [0.05, 0.1) is 5.52 Å². The van der Waals surface area contributed by atoms with E-state index in [1.807, 2.05) is 23.2 Å². The molecule has 2 heterocycles. The molecule has 5 aliphatic carbocycles. The van der Waals surface area contributed by atoms with Gasteiger partial charge < -0.3 is 9.67 Å². The number of hydrazine groups is 1. The summed E-state index contributed by atoms with van der Waals surface area (Å²) in [4.78, 5) is 26.5. The number of nitrogens with zero attached hydrogens (tertiary/aromatic N) is 2. The Labute approximate surface area is 187 Å². The first-order chi connectivity index (χ1) is 15.6. The molecule has 1 saturated heterocycles. The first-order valence-electron chi connectivity index (χ1n) is 12.5. The second kappa shape index (κ2) is 6.83. The molecule has 6 nitrogen and oxygen atoms in total. The fourth-order valence-corrected chi connectivity index (χ4v) is 8.18. The molecular formula is C26H31N3O3. The van der Waals surface area contributed by atoms with Crippen LogP contribution in [0.5, 0.6) is 5.75 Å². The molecule has 2 aromatic rings. The van der Waals surface area contributed by atoms with Gasteiger partial charge in [-0.2, -0.15) is 0 Å². The van der Waals surface area contributed by atoms with Gasteiger partial charge in [0.15, 0.2) is 0 Å². The van der Waals surface area contributed by atoms with Crippen molar-refractivity contribution in [1.82, 2.24) is 15.0 Å². The summed E-state index contributed by atoms with van der Waals surface area (Å²) in [6.45, 7) is 1.69. The summed E-state index contributed by atoms with van der Waals surface area (Å²) in [5.41, 5.74) is 3.21. The molecule has 168 valence electrons. The van der Waals surface area contributed by atoms with Crippen molar-refractivity contribution in [3.05, 3.63) is 40.2 Å². The summed E-state index contributed by atoms with van der Waals surface area (Å²) in [7, 11) is 0. The maximum atomic E-state index is 13.3. The van der Waals surface area contributed by atoms with Crippen LogP contribution in [0.1, 0.15) is 61.3 Å². The standard InChI is InChI=1S/C26H31N3O3/c30-24-19-3-1-2-4-21(19)29(18-5-6-18)26(32)23(24)25(31)27-28-8-7-15(13-28)22-17-10-14-9-16(12-17)20(22)11-14/h1-4,14-18,20,22,30H,5-13H2,(H,27,31). The number of carbonyl (C=O) groups is 1. The van der Waals surface area contributed by atoms with Crippen LogP contribution in [0, 0.1) is 35.5 Å².